The number of carbonyl (C=O) groups is 1. The van der Waals surface area contributed by atoms with Gasteiger partial charge in [-0.25, -0.2) is 0 Å². The Kier molecular flexibility index (Phi) is 4.89. The summed E-state index contributed by atoms with van der Waals surface area (Å²) in [7, 11) is 0. The van der Waals surface area contributed by atoms with Gasteiger partial charge in [-0.15, -0.1) is 0 Å². The van der Waals surface area contributed by atoms with E-state index in [-0.39, 0.29) is 12.1 Å². The van der Waals surface area contributed by atoms with Crippen molar-refractivity contribution in [3.8, 4) is 5.75 Å². The van der Waals surface area contributed by atoms with Crippen molar-refractivity contribution in [2.45, 2.75) is 19.6 Å². The Morgan fingerprint density at radius 2 is 2.04 bits per heavy atom. The fourth-order valence-electron chi connectivity index (χ4n) is 3.27. The van der Waals surface area contributed by atoms with Crippen LogP contribution in [0.15, 0.2) is 83.5 Å². The van der Waals surface area contributed by atoms with Crippen LogP contribution in [0.25, 0.3) is 0 Å². The number of benzene rings is 2. The van der Waals surface area contributed by atoms with Gasteiger partial charge in [-0.05, 0) is 54.5 Å². The Balaban J connectivity index is 1.69. The first-order valence-corrected chi connectivity index (χ1v) is 9.18. The van der Waals surface area contributed by atoms with Crippen LogP contribution in [0.1, 0.15) is 34.8 Å². The molecule has 0 bridgehead atoms. The van der Waals surface area contributed by atoms with Gasteiger partial charge in [-0.1, -0.05) is 30.8 Å². The SMILES string of the molecule is C=C(C)COc1cccc(C2Nc3ccccc3C(=O)N2Cc2ccco2)c1. The molecular formula is C23H22N2O3. The molecule has 28 heavy (non-hydrogen) atoms. The number of amides is 1. The van der Waals surface area contributed by atoms with E-state index in [2.05, 4.69) is 11.9 Å². The van der Waals surface area contributed by atoms with Gasteiger partial charge in [0.2, 0.25) is 0 Å². The minimum atomic E-state index is -0.333. The molecule has 142 valence electrons. The highest BCUT2D eigenvalue weighted by Crippen LogP contribution is 2.35. The number of furan rings is 1. The molecule has 3 aromatic rings. The van der Waals surface area contributed by atoms with Crippen LogP contribution >= 0.6 is 0 Å². The second kappa shape index (κ2) is 7.64. The number of nitrogens with zero attached hydrogens (tertiary/aromatic N) is 1. The van der Waals surface area contributed by atoms with Gasteiger partial charge >= 0.3 is 0 Å². The first-order valence-electron chi connectivity index (χ1n) is 9.18. The molecule has 0 saturated heterocycles. The van der Waals surface area contributed by atoms with Crippen molar-refractivity contribution < 1.29 is 13.9 Å². The first kappa shape index (κ1) is 17.9. The predicted octanol–water partition coefficient (Wildman–Crippen LogP) is 5.00. The third-order valence-corrected chi connectivity index (χ3v) is 4.59. The molecule has 1 N–H and O–H groups in total. The number of anilines is 1. The molecule has 0 spiro atoms. The smallest absolute Gasteiger partial charge is 0.258 e. The average Bonchev–Trinajstić information content (AvgIpc) is 3.22. The molecule has 4 rings (SSSR count). The van der Waals surface area contributed by atoms with Crippen molar-refractivity contribution in [2.75, 3.05) is 11.9 Å². The van der Waals surface area contributed by atoms with Gasteiger partial charge in [0.25, 0.3) is 5.91 Å². The number of ether oxygens (including phenoxy) is 1. The Morgan fingerprint density at radius 1 is 1.18 bits per heavy atom. The molecule has 0 radical (unpaired) electrons. The Hall–Kier alpha value is -3.47. The Morgan fingerprint density at radius 3 is 2.82 bits per heavy atom. The predicted molar refractivity (Wildman–Crippen MR) is 108 cm³/mol. The van der Waals surface area contributed by atoms with Crippen LogP contribution < -0.4 is 10.1 Å². The van der Waals surface area contributed by atoms with Gasteiger partial charge in [0, 0.05) is 5.69 Å². The molecule has 5 nitrogen and oxygen atoms in total. The summed E-state index contributed by atoms with van der Waals surface area (Å²) in [5.41, 5.74) is 3.36. The topological polar surface area (TPSA) is 54.7 Å². The van der Waals surface area contributed by atoms with Crippen LogP contribution in [0.3, 0.4) is 0 Å². The van der Waals surface area contributed by atoms with E-state index in [1.165, 1.54) is 0 Å². The maximum Gasteiger partial charge on any atom is 0.258 e. The minimum Gasteiger partial charge on any atom is -0.489 e. The molecule has 5 heteroatoms. The standard InChI is InChI=1S/C23H22N2O3/c1-16(2)15-28-18-8-5-7-17(13-18)22-24-21-11-4-3-10-20(21)23(26)25(22)14-19-9-6-12-27-19/h3-13,22,24H,1,14-15H2,2H3. The van der Waals surface area contributed by atoms with Crippen LogP contribution in [-0.2, 0) is 6.54 Å². The molecule has 1 amide bonds. The number of carbonyl (C=O) groups excluding carboxylic acids is 1. The monoisotopic (exact) mass is 374 g/mol. The van der Waals surface area contributed by atoms with Crippen molar-refractivity contribution in [3.63, 3.8) is 0 Å². The second-order valence-electron chi connectivity index (χ2n) is 6.92. The van der Waals surface area contributed by atoms with Gasteiger partial charge < -0.3 is 19.4 Å². The van der Waals surface area contributed by atoms with Crippen molar-refractivity contribution >= 4 is 11.6 Å². The molecule has 1 aliphatic heterocycles. The lowest BCUT2D eigenvalue weighted by Gasteiger charge is -2.37. The van der Waals surface area contributed by atoms with E-state index in [1.807, 2.05) is 67.6 Å². The zero-order chi connectivity index (χ0) is 19.5. The summed E-state index contributed by atoms with van der Waals surface area (Å²) in [4.78, 5) is 15.0. The number of para-hydroxylation sites is 1. The van der Waals surface area contributed by atoms with E-state index >= 15 is 0 Å². The number of rotatable bonds is 6. The lowest BCUT2D eigenvalue weighted by Crippen LogP contribution is -2.42. The number of hydrogen-bond donors (Lipinski definition) is 1. The molecular weight excluding hydrogens is 352 g/mol. The van der Waals surface area contributed by atoms with Crippen LogP contribution in [-0.4, -0.2) is 17.4 Å². The zero-order valence-corrected chi connectivity index (χ0v) is 15.7. The third kappa shape index (κ3) is 3.64. The third-order valence-electron chi connectivity index (χ3n) is 4.59. The second-order valence-corrected chi connectivity index (χ2v) is 6.92. The molecule has 0 aliphatic carbocycles. The fraction of sp³-hybridized carbons (Fsp3) is 0.174. The van der Waals surface area contributed by atoms with Crippen molar-refractivity contribution in [1.82, 2.24) is 4.90 Å². The first-order chi connectivity index (χ1) is 13.6. The highest BCUT2D eigenvalue weighted by molar-refractivity contribution is 6.01. The maximum absolute atomic E-state index is 13.2. The van der Waals surface area contributed by atoms with E-state index in [1.54, 1.807) is 11.2 Å². The average molecular weight is 374 g/mol. The molecule has 1 aromatic heterocycles. The van der Waals surface area contributed by atoms with Crippen LogP contribution in [0.4, 0.5) is 5.69 Å². The molecule has 2 heterocycles. The van der Waals surface area contributed by atoms with Gasteiger partial charge in [0.1, 0.15) is 24.3 Å². The van der Waals surface area contributed by atoms with Gasteiger partial charge in [0.05, 0.1) is 18.4 Å². The molecule has 1 aliphatic rings. The van der Waals surface area contributed by atoms with Crippen molar-refractivity contribution in [1.29, 1.82) is 0 Å². The van der Waals surface area contributed by atoms with Crippen LogP contribution in [0.2, 0.25) is 0 Å². The van der Waals surface area contributed by atoms with Gasteiger partial charge in [0.15, 0.2) is 0 Å². The number of hydrogen-bond acceptors (Lipinski definition) is 4. The van der Waals surface area contributed by atoms with Crippen LogP contribution in [0.5, 0.6) is 5.75 Å². The van der Waals surface area contributed by atoms with Gasteiger partial charge in [-0.2, -0.15) is 0 Å². The fourth-order valence-corrected chi connectivity index (χ4v) is 3.27. The van der Waals surface area contributed by atoms with E-state index in [4.69, 9.17) is 9.15 Å². The highest BCUT2D eigenvalue weighted by Gasteiger charge is 2.33. The lowest BCUT2D eigenvalue weighted by molar-refractivity contribution is 0.0651. The molecule has 0 fully saturated rings. The summed E-state index contributed by atoms with van der Waals surface area (Å²) in [5, 5.41) is 3.49. The van der Waals surface area contributed by atoms with Gasteiger partial charge in [-0.3, -0.25) is 4.79 Å². The summed E-state index contributed by atoms with van der Waals surface area (Å²) in [6, 6.07) is 19.0. The summed E-state index contributed by atoms with van der Waals surface area (Å²) >= 11 is 0. The van der Waals surface area contributed by atoms with E-state index in [9.17, 15) is 4.79 Å². The normalized spacial score (nSPS) is 15.7. The summed E-state index contributed by atoms with van der Waals surface area (Å²) < 4.78 is 11.3. The Labute approximate surface area is 164 Å². The molecule has 0 saturated carbocycles. The summed E-state index contributed by atoms with van der Waals surface area (Å²) in [6.07, 6.45) is 1.28. The molecule has 1 atom stereocenters. The number of fused-ring (bicyclic) bond motifs is 1. The molecule has 1 unspecified atom stereocenters. The highest BCUT2D eigenvalue weighted by atomic mass is 16.5. The van der Waals surface area contributed by atoms with E-state index in [0.717, 1.165) is 28.3 Å². The quantitative estimate of drug-likeness (QED) is 0.617. The minimum absolute atomic E-state index is 0.0380. The van der Waals surface area contributed by atoms with Crippen LogP contribution in [0, 0.1) is 0 Å². The Bertz CT molecular complexity index is 995. The summed E-state index contributed by atoms with van der Waals surface area (Å²) in [5.74, 6) is 1.43. The largest absolute Gasteiger partial charge is 0.489 e. The lowest BCUT2D eigenvalue weighted by atomic mass is 10.0. The molecule has 2 aromatic carbocycles. The van der Waals surface area contributed by atoms with E-state index < -0.39 is 0 Å². The zero-order valence-electron chi connectivity index (χ0n) is 15.7. The maximum atomic E-state index is 13.2. The van der Waals surface area contributed by atoms with E-state index in [0.29, 0.717) is 18.7 Å². The number of nitrogens with one attached hydrogen (secondary N) is 1. The van der Waals surface area contributed by atoms with Crippen molar-refractivity contribution in [3.05, 3.63) is 96.0 Å². The summed E-state index contributed by atoms with van der Waals surface area (Å²) in [6.45, 7) is 6.62. The van der Waals surface area contributed by atoms with Crippen molar-refractivity contribution in [2.24, 2.45) is 0 Å².